The Kier molecular flexibility index (Phi) is 5.44. The molecule has 5 rings (SSSR count). The summed E-state index contributed by atoms with van der Waals surface area (Å²) >= 11 is 0. The molecule has 0 aromatic carbocycles. The quantitative estimate of drug-likeness (QED) is 0.401. The number of hydrogen-bond donors (Lipinski definition) is 1. The van der Waals surface area contributed by atoms with E-state index in [1.165, 1.54) is 25.7 Å². The van der Waals surface area contributed by atoms with Crippen LogP contribution in [-0.2, 0) is 13.9 Å². The van der Waals surface area contributed by atoms with Gasteiger partial charge in [-0.25, -0.2) is 0 Å². The van der Waals surface area contributed by atoms with E-state index in [2.05, 4.69) is 53.8 Å². The van der Waals surface area contributed by atoms with E-state index in [4.69, 9.17) is 13.9 Å². The van der Waals surface area contributed by atoms with Crippen LogP contribution in [0.1, 0.15) is 79.6 Å². The molecule has 5 heteroatoms. The number of aliphatic hydroxyl groups excluding tert-OH is 1. The monoisotopic (exact) mass is 462 g/mol. The zero-order valence-corrected chi connectivity index (χ0v) is 22.5. The second-order valence-electron chi connectivity index (χ2n) is 13.5. The predicted octanol–water partition coefficient (Wildman–Crippen LogP) is 6.05. The molecule has 4 fully saturated rings. The maximum absolute atomic E-state index is 11.5. The fourth-order valence-electron chi connectivity index (χ4n) is 8.08. The summed E-state index contributed by atoms with van der Waals surface area (Å²) in [6.45, 7) is 17.9. The minimum absolute atomic E-state index is 0.200. The molecule has 1 saturated heterocycles. The van der Waals surface area contributed by atoms with E-state index in [0.29, 0.717) is 37.1 Å². The van der Waals surface area contributed by atoms with E-state index in [9.17, 15) is 5.11 Å². The molecular formula is C27H46O4Si. The lowest BCUT2D eigenvalue weighted by Gasteiger charge is -2.59. The van der Waals surface area contributed by atoms with Crippen molar-refractivity contribution in [1.82, 2.24) is 0 Å². The van der Waals surface area contributed by atoms with Gasteiger partial charge in [0.2, 0.25) is 0 Å². The highest BCUT2D eigenvalue weighted by molar-refractivity contribution is 6.74. The normalized spacial score (nSPS) is 45.9. The fraction of sp³-hybridized carbons (Fsp3) is 0.926. The van der Waals surface area contributed by atoms with Crippen molar-refractivity contribution in [1.29, 1.82) is 0 Å². The van der Waals surface area contributed by atoms with Gasteiger partial charge in [0, 0.05) is 12.5 Å². The highest BCUT2D eigenvalue weighted by Gasteiger charge is 2.68. The third kappa shape index (κ3) is 3.13. The third-order valence-corrected chi connectivity index (χ3v) is 15.7. The Morgan fingerprint density at radius 3 is 2.38 bits per heavy atom. The number of hydrogen-bond acceptors (Lipinski definition) is 4. The molecule has 32 heavy (non-hydrogen) atoms. The minimum atomic E-state index is -1.75. The van der Waals surface area contributed by atoms with E-state index >= 15 is 0 Å². The molecule has 4 nitrogen and oxygen atoms in total. The average molecular weight is 463 g/mol. The molecule has 0 radical (unpaired) electrons. The van der Waals surface area contributed by atoms with Gasteiger partial charge in [-0.15, -0.1) is 0 Å². The summed E-state index contributed by atoms with van der Waals surface area (Å²) < 4.78 is 19.3. The molecule has 1 heterocycles. The van der Waals surface area contributed by atoms with E-state index in [-0.39, 0.29) is 15.9 Å². The van der Waals surface area contributed by atoms with Gasteiger partial charge in [0.15, 0.2) is 14.1 Å². The van der Waals surface area contributed by atoms with E-state index in [0.717, 1.165) is 19.3 Å². The summed E-state index contributed by atoms with van der Waals surface area (Å²) in [6, 6.07) is 0. The second-order valence-corrected chi connectivity index (χ2v) is 18.3. The highest BCUT2D eigenvalue weighted by Crippen LogP contribution is 2.67. The Bertz CT molecular complexity index is 779. The third-order valence-electron chi connectivity index (χ3n) is 11.2. The number of aliphatic hydroxyl groups is 1. The summed E-state index contributed by atoms with van der Waals surface area (Å²) in [5.74, 6) is 1.11. The first-order valence-corrected chi connectivity index (χ1v) is 16.1. The molecular weight excluding hydrogens is 416 g/mol. The molecule has 4 aliphatic carbocycles. The molecule has 182 valence electrons. The summed E-state index contributed by atoms with van der Waals surface area (Å²) in [6.07, 6.45) is 10.2. The van der Waals surface area contributed by atoms with Crippen molar-refractivity contribution in [2.75, 3.05) is 13.2 Å². The van der Waals surface area contributed by atoms with Crippen molar-refractivity contribution in [3.8, 4) is 0 Å². The first kappa shape index (κ1) is 23.5. The van der Waals surface area contributed by atoms with Gasteiger partial charge in [-0.05, 0) is 79.8 Å². The van der Waals surface area contributed by atoms with E-state index in [1.807, 2.05) is 0 Å². The zero-order valence-electron chi connectivity index (χ0n) is 21.5. The van der Waals surface area contributed by atoms with Crippen molar-refractivity contribution in [2.45, 2.75) is 116 Å². The number of allylic oxidation sites excluding steroid dienone is 1. The van der Waals surface area contributed by atoms with Crippen molar-refractivity contribution < 1.29 is 19.0 Å². The molecule has 0 bridgehead atoms. The van der Waals surface area contributed by atoms with Crippen LogP contribution in [-0.4, -0.2) is 44.6 Å². The second kappa shape index (κ2) is 7.40. The van der Waals surface area contributed by atoms with Crippen LogP contribution < -0.4 is 0 Å². The Labute approximate surface area is 196 Å². The lowest BCUT2D eigenvalue weighted by atomic mass is 9.48. The first-order valence-electron chi connectivity index (χ1n) is 13.2. The molecule has 7 atom stereocenters. The van der Waals surface area contributed by atoms with Crippen LogP contribution in [0.25, 0.3) is 0 Å². The van der Waals surface area contributed by atoms with Crippen LogP contribution in [0, 0.1) is 28.6 Å². The molecule has 0 aromatic rings. The Morgan fingerprint density at radius 1 is 1.03 bits per heavy atom. The van der Waals surface area contributed by atoms with Crippen molar-refractivity contribution in [3.63, 3.8) is 0 Å². The molecule has 3 saturated carbocycles. The maximum Gasteiger partial charge on any atom is 0.192 e. The van der Waals surface area contributed by atoms with Crippen LogP contribution >= 0.6 is 0 Å². The average Bonchev–Trinajstić information content (AvgIpc) is 3.29. The van der Waals surface area contributed by atoms with Gasteiger partial charge in [-0.1, -0.05) is 46.3 Å². The summed E-state index contributed by atoms with van der Waals surface area (Å²) in [5, 5.41) is 11.8. The zero-order chi connectivity index (χ0) is 23.2. The topological polar surface area (TPSA) is 47.9 Å². The standard InChI is InChI=1S/C27H46O4Si/c1-24(2,3)32(6,7)31-19-10-12-25(4)18(16-19)8-9-20-21-11-13-27(29-14-15-30-27)26(21,5)23(28)17-22(20)25/h17-21,23,28H,8-16H2,1-7H3/t18-,19-,20?,21?,23+,25+,26-/m1/s1. The maximum atomic E-state index is 11.5. The van der Waals surface area contributed by atoms with Gasteiger partial charge < -0.3 is 19.0 Å². The summed E-state index contributed by atoms with van der Waals surface area (Å²) in [7, 11) is -1.75. The molecule has 1 N–H and O–H groups in total. The van der Waals surface area contributed by atoms with Crippen LogP contribution in [0.3, 0.4) is 0 Å². The van der Waals surface area contributed by atoms with Gasteiger partial charge >= 0.3 is 0 Å². The number of rotatable bonds is 2. The molecule has 1 aliphatic heterocycles. The summed E-state index contributed by atoms with van der Waals surface area (Å²) in [5.41, 5.74) is 1.43. The highest BCUT2D eigenvalue weighted by atomic mass is 28.4. The molecule has 0 aromatic heterocycles. The SMILES string of the molecule is CC(C)(C)[Si](C)(C)O[C@@H]1CC[C@]2(C)C3=C[C@H](O)[C@@]4(C)C(CCC45OCCO5)C3CC[C@@H]2C1. The lowest BCUT2D eigenvalue weighted by Crippen LogP contribution is -2.58. The van der Waals surface area contributed by atoms with Crippen LogP contribution in [0.15, 0.2) is 11.6 Å². The van der Waals surface area contributed by atoms with E-state index < -0.39 is 20.2 Å². The first-order chi connectivity index (χ1) is 14.8. The Morgan fingerprint density at radius 2 is 1.72 bits per heavy atom. The van der Waals surface area contributed by atoms with Gasteiger partial charge in [0.25, 0.3) is 0 Å². The smallest absolute Gasteiger partial charge is 0.192 e. The van der Waals surface area contributed by atoms with Crippen LogP contribution in [0.4, 0.5) is 0 Å². The van der Waals surface area contributed by atoms with Gasteiger partial charge in [0.05, 0.1) is 24.7 Å². The van der Waals surface area contributed by atoms with Gasteiger partial charge in [0.1, 0.15) is 0 Å². The molecule has 1 spiro atoms. The van der Waals surface area contributed by atoms with Crippen molar-refractivity contribution >= 4 is 8.32 Å². The van der Waals surface area contributed by atoms with E-state index in [1.54, 1.807) is 5.57 Å². The van der Waals surface area contributed by atoms with Crippen LogP contribution in [0.5, 0.6) is 0 Å². The largest absolute Gasteiger partial charge is 0.414 e. The van der Waals surface area contributed by atoms with Crippen LogP contribution in [0.2, 0.25) is 18.1 Å². The lowest BCUT2D eigenvalue weighted by molar-refractivity contribution is -0.252. The van der Waals surface area contributed by atoms with Gasteiger partial charge in [-0.3, -0.25) is 0 Å². The van der Waals surface area contributed by atoms with Gasteiger partial charge in [-0.2, -0.15) is 0 Å². The summed E-state index contributed by atoms with van der Waals surface area (Å²) in [4.78, 5) is 0. The molecule has 0 amide bonds. The van der Waals surface area contributed by atoms with Crippen molar-refractivity contribution in [2.24, 2.45) is 28.6 Å². The number of ether oxygens (including phenoxy) is 2. The predicted molar refractivity (Wildman–Crippen MR) is 130 cm³/mol. The Balaban J connectivity index is 1.39. The number of fused-ring (bicyclic) bond motifs is 6. The Hall–Kier alpha value is -0.203. The molecule has 2 unspecified atom stereocenters. The van der Waals surface area contributed by atoms with Crippen molar-refractivity contribution in [3.05, 3.63) is 11.6 Å². The minimum Gasteiger partial charge on any atom is -0.414 e. The molecule has 5 aliphatic rings. The fourth-order valence-corrected chi connectivity index (χ4v) is 9.48.